The monoisotopic (exact) mass is 597 g/mol. The van der Waals surface area contributed by atoms with E-state index in [9.17, 15) is 24.3 Å². The van der Waals surface area contributed by atoms with Crippen molar-refractivity contribution in [3.05, 3.63) is 23.8 Å². The van der Waals surface area contributed by atoms with Crippen LogP contribution in [0.4, 0.5) is 14.4 Å². The lowest BCUT2D eigenvalue weighted by molar-refractivity contribution is -0.139. The van der Waals surface area contributed by atoms with E-state index in [2.05, 4.69) is 5.32 Å². The van der Waals surface area contributed by atoms with Crippen LogP contribution >= 0.6 is 0 Å². The molecule has 2 N–H and O–H groups in total. The third-order valence-electron chi connectivity index (χ3n) is 4.95. The molecule has 0 fully saturated rings. The summed E-state index contributed by atoms with van der Waals surface area (Å²) in [7, 11) is 0. The molecule has 0 heterocycles. The largest absolute Gasteiger partial charge is 0.513 e. The van der Waals surface area contributed by atoms with Gasteiger partial charge in [0.15, 0.2) is 11.5 Å². The maximum atomic E-state index is 12.4. The molecule has 2 atom stereocenters. The second kappa shape index (κ2) is 15.6. The Morgan fingerprint density at radius 3 is 1.64 bits per heavy atom. The number of rotatable bonds is 12. The molecule has 12 nitrogen and oxygen atoms in total. The van der Waals surface area contributed by atoms with Crippen molar-refractivity contribution in [2.24, 2.45) is 16.2 Å². The van der Waals surface area contributed by atoms with Crippen molar-refractivity contribution in [1.29, 1.82) is 0 Å². The Kier molecular flexibility index (Phi) is 13.6. The van der Waals surface area contributed by atoms with Gasteiger partial charge in [0, 0.05) is 6.54 Å². The third kappa shape index (κ3) is 16.7. The Bertz CT molecular complexity index is 1060. The van der Waals surface area contributed by atoms with Crippen LogP contribution in [0.1, 0.15) is 74.8 Å². The molecule has 1 aromatic rings. The summed E-state index contributed by atoms with van der Waals surface area (Å²) in [6.07, 6.45) is -3.58. The molecule has 238 valence electrons. The highest BCUT2D eigenvalue weighted by Gasteiger charge is 2.24. The van der Waals surface area contributed by atoms with E-state index in [4.69, 9.17) is 28.4 Å². The lowest BCUT2D eigenvalue weighted by Gasteiger charge is -2.21. The number of carbonyl (C=O) groups is 4. The average Bonchev–Trinajstić information content (AvgIpc) is 2.83. The molecule has 0 saturated carbocycles. The first-order valence-corrected chi connectivity index (χ1v) is 13.8. The molecule has 1 rings (SSSR count). The molecule has 0 saturated heterocycles. The second-order valence-corrected chi connectivity index (χ2v) is 13.7. The molecule has 0 spiro atoms. The van der Waals surface area contributed by atoms with Crippen LogP contribution in [0.15, 0.2) is 18.2 Å². The first kappa shape index (κ1) is 36.5. The molecule has 0 aromatic heterocycles. The fourth-order valence-electron chi connectivity index (χ4n) is 2.94. The summed E-state index contributed by atoms with van der Waals surface area (Å²) in [6.45, 7) is 19.0. The molecule has 42 heavy (non-hydrogen) atoms. The van der Waals surface area contributed by atoms with Crippen LogP contribution in [0.2, 0.25) is 0 Å². The van der Waals surface area contributed by atoms with Gasteiger partial charge >= 0.3 is 24.4 Å². The summed E-state index contributed by atoms with van der Waals surface area (Å²) >= 11 is 0. The number of carboxylic acids is 1. The van der Waals surface area contributed by atoms with Gasteiger partial charge in [-0.3, -0.25) is 4.79 Å². The summed E-state index contributed by atoms with van der Waals surface area (Å²) in [5, 5.41) is 12.6. The van der Waals surface area contributed by atoms with Crippen molar-refractivity contribution < 1.29 is 52.7 Å². The van der Waals surface area contributed by atoms with Gasteiger partial charge in [0.25, 0.3) is 0 Å². The smallest absolute Gasteiger partial charge is 0.480 e. The molecule has 0 aliphatic heterocycles. The van der Waals surface area contributed by atoms with E-state index in [1.165, 1.54) is 18.2 Å². The molecule has 0 amide bonds. The lowest BCUT2D eigenvalue weighted by Crippen LogP contribution is -2.42. The topological polar surface area (TPSA) is 156 Å². The van der Waals surface area contributed by atoms with Crippen molar-refractivity contribution in [3.63, 3.8) is 0 Å². The van der Waals surface area contributed by atoms with Gasteiger partial charge in [-0.15, -0.1) is 0 Å². The van der Waals surface area contributed by atoms with Gasteiger partial charge in [-0.25, -0.2) is 14.4 Å². The predicted octanol–water partition coefficient (Wildman–Crippen LogP) is 5.98. The van der Waals surface area contributed by atoms with E-state index >= 15 is 0 Å². The number of carboxylic acid groups (broad SMARTS) is 1. The van der Waals surface area contributed by atoms with Gasteiger partial charge in [0.2, 0.25) is 0 Å². The van der Waals surface area contributed by atoms with Gasteiger partial charge in [0.05, 0.1) is 19.8 Å². The summed E-state index contributed by atoms with van der Waals surface area (Å²) < 4.78 is 31.1. The van der Waals surface area contributed by atoms with Crippen LogP contribution in [-0.2, 0) is 30.2 Å². The molecular weight excluding hydrogens is 550 g/mol. The molecule has 1 aromatic carbocycles. The number of nitrogens with one attached hydrogen (secondary N) is 1. The highest BCUT2D eigenvalue weighted by atomic mass is 16.7. The number of benzene rings is 1. The standard InChI is InChI=1S/C30H47NO11/c1-19(40-25(34)37-16-28(2,3)4)15-31-21(24(32)33)13-20-11-12-22(41-26(35)38-17-29(5,6)7)23(14-20)42-27(36)39-18-30(8,9)10/h11-12,14,19,21,31H,13,15-18H2,1-10H3,(H,32,33)/t19?,21-/m0/s1. The fourth-order valence-corrected chi connectivity index (χ4v) is 2.94. The summed E-state index contributed by atoms with van der Waals surface area (Å²) in [6, 6.07) is 3.19. The summed E-state index contributed by atoms with van der Waals surface area (Å²) in [5.74, 6) is -1.42. The Hall–Kier alpha value is -3.54. The number of ether oxygens (including phenoxy) is 6. The lowest BCUT2D eigenvalue weighted by atomic mass is 9.99. The van der Waals surface area contributed by atoms with E-state index < -0.39 is 36.6 Å². The Morgan fingerprint density at radius 1 is 0.738 bits per heavy atom. The minimum absolute atomic E-state index is 0.0326. The van der Waals surface area contributed by atoms with Crippen molar-refractivity contribution in [2.75, 3.05) is 26.4 Å². The van der Waals surface area contributed by atoms with E-state index in [0.29, 0.717) is 5.56 Å². The molecule has 0 radical (unpaired) electrons. The molecule has 0 bridgehead atoms. The van der Waals surface area contributed by atoms with E-state index in [0.717, 1.165) is 0 Å². The van der Waals surface area contributed by atoms with Gasteiger partial charge in [0.1, 0.15) is 12.1 Å². The van der Waals surface area contributed by atoms with E-state index in [-0.39, 0.29) is 60.5 Å². The fraction of sp³-hybridized carbons (Fsp3) is 0.667. The van der Waals surface area contributed by atoms with Crippen molar-refractivity contribution in [1.82, 2.24) is 5.32 Å². The molecular formula is C30H47NO11. The highest BCUT2D eigenvalue weighted by molar-refractivity contribution is 5.74. The molecule has 0 aliphatic rings. The van der Waals surface area contributed by atoms with Gasteiger partial charge in [-0.05, 0) is 47.3 Å². The van der Waals surface area contributed by atoms with Crippen molar-refractivity contribution in [2.45, 2.75) is 87.8 Å². The maximum Gasteiger partial charge on any atom is 0.513 e. The van der Waals surface area contributed by atoms with E-state index in [1.807, 2.05) is 62.3 Å². The average molecular weight is 598 g/mol. The predicted molar refractivity (Wildman–Crippen MR) is 154 cm³/mol. The SMILES string of the molecule is CC(CN[C@@H](Cc1ccc(OC(=O)OCC(C)(C)C)c(OC(=O)OCC(C)(C)C)c1)C(=O)O)OC(=O)OCC(C)(C)C. The molecule has 1 unspecified atom stereocenters. The third-order valence-corrected chi connectivity index (χ3v) is 4.95. The number of hydrogen-bond acceptors (Lipinski definition) is 11. The van der Waals surface area contributed by atoms with Gasteiger partial charge in [-0.1, -0.05) is 68.4 Å². The molecule has 12 heteroatoms. The normalized spacial score (nSPS) is 13.4. The summed E-state index contributed by atoms with van der Waals surface area (Å²) in [4.78, 5) is 48.5. The minimum atomic E-state index is -1.16. The van der Waals surface area contributed by atoms with Crippen LogP contribution in [-0.4, -0.2) is 68.1 Å². The van der Waals surface area contributed by atoms with Crippen molar-refractivity contribution in [3.8, 4) is 11.5 Å². The zero-order valence-electron chi connectivity index (χ0n) is 26.5. The number of hydrogen-bond donors (Lipinski definition) is 2. The Morgan fingerprint density at radius 2 is 1.19 bits per heavy atom. The zero-order valence-corrected chi connectivity index (χ0v) is 26.5. The highest BCUT2D eigenvalue weighted by Crippen LogP contribution is 2.30. The summed E-state index contributed by atoms with van der Waals surface area (Å²) in [5.41, 5.74) is -0.398. The zero-order chi connectivity index (χ0) is 32.3. The molecule has 0 aliphatic carbocycles. The van der Waals surface area contributed by atoms with Crippen LogP contribution in [0.25, 0.3) is 0 Å². The Labute approximate surface area is 248 Å². The Balaban J connectivity index is 3.00. The van der Waals surface area contributed by atoms with Gasteiger partial charge < -0.3 is 38.8 Å². The van der Waals surface area contributed by atoms with Crippen LogP contribution in [0.3, 0.4) is 0 Å². The minimum Gasteiger partial charge on any atom is -0.480 e. The second-order valence-electron chi connectivity index (χ2n) is 13.7. The van der Waals surface area contributed by atoms with E-state index in [1.54, 1.807) is 6.92 Å². The van der Waals surface area contributed by atoms with Crippen LogP contribution < -0.4 is 14.8 Å². The van der Waals surface area contributed by atoms with Gasteiger partial charge in [-0.2, -0.15) is 0 Å². The maximum absolute atomic E-state index is 12.4. The first-order valence-electron chi connectivity index (χ1n) is 13.8. The van der Waals surface area contributed by atoms with Crippen LogP contribution in [0.5, 0.6) is 11.5 Å². The van der Waals surface area contributed by atoms with Crippen LogP contribution in [0, 0.1) is 16.2 Å². The number of carbonyl (C=O) groups excluding carboxylic acids is 3. The number of aliphatic carboxylic acids is 1. The van der Waals surface area contributed by atoms with Crippen molar-refractivity contribution >= 4 is 24.4 Å². The first-order chi connectivity index (χ1) is 19.1. The quantitative estimate of drug-likeness (QED) is 0.165.